The molecule has 1 fully saturated rings. The Bertz CT molecular complexity index is 413. The smallest absolute Gasteiger partial charge is 0.326 e. The van der Waals surface area contributed by atoms with Gasteiger partial charge < -0.3 is 15.7 Å². The number of nitrogens with one attached hydrogen (secondary N) is 2. The SMILES string of the molecule is CSCCC(NC(=O)/C(C#N)=C\NC1CC1)C(=O)O. The van der Waals surface area contributed by atoms with Crippen LogP contribution >= 0.6 is 11.8 Å². The van der Waals surface area contributed by atoms with Crippen molar-refractivity contribution in [2.45, 2.75) is 31.3 Å². The number of hydrogen-bond acceptors (Lipinski definition) is 5. The van der Waals surface area contributed by atoms with E-state index in [0.717, 1.165) is 12.8 Å². The first-order valence-electron chi connectivity index (χ1n) is 5.97. The number of carboxylic acids is 1. The van der Waals surface area contributed by atoms with Crippen LogP contribution in [0.2, 0.25) is 0 Å². The van der Waals surface area contributed by atoms with Crippen LogP contribution in [0.4, 0.5) is 0 Å². The minimum absolute atomic E-state index is 0.0951. The van der Waals surface area contributed by atoms with Gasteiger partial charge in [-0.1, -0.05) is 0 Å². The first-order chi connectivity index (χ1) is 9.08. The quantitative estimate of drug-likeness (QED) is 0.442. The van der Waals surface area contributed by atoms with E-state index in [9.17, 15) is 9.59 Å². The molecule has 1 unspecified atom stereocenters. The van der Waals surface area contributed by atoms with Crippen LogP contribution in [0, 0.1) is 11.3 Å². The third-order valence-electron chi connectivity index (χ3n) is 2.62. The van der Waals surface area contributed by atoms with Crippen LogP contribution < -0.4 is 10.6 Å². The van der Waals surface area contributed by atoms with E-state index in [2.05, 4.69) is 10.6 Å². The van der Waals surface area contributed by atoms with Crippen molar-refractivity contribution in [3.05, 3.63) is 11.8 Å². The third kappa shape index (κ3) is 5.66. The molecule has 1 aliphatic rings. The monoisotopic (exact) mass is 283 g/mol. The Morgan fingerprint density at radius 1 is 1.58 bits per heavy atom. The summed E-state index contributed by atoms with van der Waals surface area (Å²) >= 11 is 1.50. The van der Waals surface area contributed by atoms with Crippen molar-refractivity contribution in [3.63, 3.8) is 0 Å². The lowest BCUT2D eigenvalue weighted by atomic mass is 10.2. The maximum absolute atomic E-state index is 11.8. The zero-order chi connectivity index (χ0) is 14.3. The molecule has 0 aromatic carbocycles. The largest absolute Gasteiger partial charge is 0.480 e. The van der Waals surface area contributed by atoms with Gasteiger partial charge in [0.05, 0.1) is 0 Å². The minimum Gasteiger partial charge on any atom is -0.480 e. The normalized spacial score (nSPS) is 16.3. The van der Waals surface area contributed by atoms with Crippen LogP contribution in [0.15, 0.2) is 11.8 Å². The Balaban J connectivity index is 2.55. The predicted molar refractivity (Wildman–Crippen MR) is 72.4 cm³/mol. The Morgan fingerprint density at radius 2 is 2.26 bits per heavy atom. The highest BCUT2D eigenvalue weighted by molar-refractivity contribution is 7.98. The summed E-state index contributed by atoms with van der Waals surface area (Å²) in [4.78, 5) is 22.8. The summed E-state index contributed by atoms with van der Waals surface area (Å²) in [5.74, 6) is -1.11. The van der Waals surface area contributed by atoms with Crippen LogP contribution in [0.3, 0.4) is 0 Å². The van der Waals surface area contributed by atoms with Crippen molar-refractivity contribution in [2.24, 2.45) is 0 Å². The van der Waals surface area contributed by atoms with Crippen LogP contribution in [-0.4, -0.2) is 41.1 Å². The lowest BCUT2D eigenvalue weighted by Gasteiger charge is -2.13. The highest BCUT2D eigenvalue weighted by Gasteiger charge is 2.23. The number of thioether (sulfide) groups is 1. The van der Waals surface area contributed by atoms with Gasteiger partial charge in [0.25, 0.3) is 5.91 Å². The molecule has 1 aliphatic carbocycles. The number of hydrogen-bond donors (Lipinski definition) is 3. The van der Waals surface area contributed by atoms with E-state index in [-0.39, 0.29) is 5.57 Å². The van der Waals surface area contributed by atoms with Crippen molar-refractivity contribution < 1.29 is 14.7 Å². The lowest BCUT2D eigenvalue weighted by molar-refractivity contribution is -0.141. The van der Waals surface area contributed by atoms with Gasteiger partial charge in [-0.05, 0) is 31.3 Å². The van der Waals surface area contributed by atoms with Crippen molar-refractivity contribution >= 4 is 23.6 Å². The number of nitrogens with zero attached hydrogens (tertiary/aromatic N) is 1. The van der Waals surface area contributed by atoms with Crippen LogP contribution in [0.5, 0.6) is 0 Å². The molecule has 0 bridgehead atoms. The Morgan fingerprint density at radius 3 is 2.74 bits per heavy atom. The zero-order valence-electron chi connectivity index (χ0n) is 10.7. The molecule has 19 heavy (non-hydrogen) atoms. The third-order valence-corrected chi connectivity index (χ3v) is 3.26. The van der Waals surface area contributed by atoms with E-state index >= 15 is 0 Å². The summed E-state index contributed by atoms with van der Waals surface area (Å²) in [5, 5.41) is 23.2. The molecule has 0 aromatic heterocycles. The summed E-state index contributed by atoms with van der Waals surface area (Å²) < 4.78 is 0. The molecule has 1 rings (SSSR count). The molecule has 0 heterocycles. The fourth-order valence-corrected chi connectivity index (χ4v) is 1.80. The number of carboxylic acid groups (broad SMARTS) is 1. The van der Waals surface area contributed by atoms with E-state index in [1.165, 1.54) is 18.0 Å². The first kappa shape index (κ1) is 15.4. The van der Waals surface area contributed by atoms with E-state index in [1.807, 2.05) is 6.26 Å². The Kier molecular flexibility index (Phi) is 6.22. The molecule has 6 nitrogen and oxygen atoms in total. The van der Waals surface area contributed by atoms with Crippen molar-refractivity contribution in [2.75, 3.05) is 12.0 Å². The summed E-state index contributed by atoms with van der Waals surface area (Å²) in [5.41, 5.74) is -0.0951. The molecule has 3 N–H and O–H groups in total. The van der Waals surface area contributed by atoms with Crippen LogP contribution in [0.1, 0.15) is 19.3 Å². The molecule has 7 heteroatoms. The minimum atomic E-state index is -1.09. The molecule has 0 aliphatic heterocycles. The number of nitriles is 1. The molecule has 1 atom stereocenters. The molecule has 0 spiro atoms. The van der Waals surface area contributed by atoms with Crippen molar-refractivity contribution in [1.82, 2.24) is 10.6 Å². The number of carbonyl (C=O) groups excluding carboxylic acids is 1. The number of amides is 1. The summed E-state index contributed by atoms with van der Waals surface area (Å²) in [7, 11) is 0. The standard InChI is InChI=1S/C12H17N3O3S/c1-19-5-4-10(12(17)18)15-11(16)8(6-13)7-14-9-2-3-9/h7,9-10,14H,2-5H2,1H3,(H,15,16)(H,17,18)/b8-7-. The first-order valence-corrected chi connectivity index (χ1v) is 7.36. The number of rotatable bonds is 8. The summed E-state index contributed by atoms with van der Waals surface area (Å²) in [6, 6.07) is 1.15. The zero-order valence-corrected chi connectivity index (χ0v) is 11.5. The van der Waals surface area contributed by atoms with Gasteiger partial charge >= 0.3 is 5.97 Å². The molecular weight excluding hydrogens is 266 g/mol. The van der Waals surface area contributed by atoms with Gasteiger partial charge in [0.15, 0.2) is 0 Å². The van der Waals surface area contributed by atoms with Gasteiger partial charge in [-0.15, -0.1) is 0 Å². The van der Waals surface area contributed by atoms with Gasteiger partial charge in [-0.2, -0.15) is 17.0 Å². The Labute approximate surface area is 116 Å². The molecule has 104 valence electrons. The van der Waals surface area contributed by atoms with Gasteiger partial charge in [0.2, 0.25) is 0 Å². The highest BCUT2D eigenvalue weighted by Crippen LogP contribution is 2.18. The molecule has 0 radical (unpaired) electrons. The average Bonchev–Trinajstić information content (AvgIpc) is 3.18. The van der Waals surface area contributed by atoms with Crippen LogP contribution in [-0.2, 0) is 9.59 Å². The fraction of sp³-hybridized carbons (Fsp3) is 0.583. The van der Waals surface area contributed by atoms with E-state index in [0.29, 0.717) is 18.2 Å². The number of aliphatic carboxylic acids is 1. The van der Waals surface area contributed by atoms with Gasteiger partial charge in [-0.25, -0.2) is 4.79 Å². The second-order valence-electron chi connectivity index (χ2n) is 4.26. The highest BCUT2D eigenvalue weighted by atomic mass is 32.2. The topological polar surface area (TPSA) is 102 Å². The average molecular weight is 283 g/mol. The molecular formula is C12H17N3O3S. The molecule has 1 saturated carbocycles. The second kappa shape index (κ2) is 7.69. The van der Waals surface area contributed by atoms with E-state index < -0.39 is 17.9 Å². The van der Waals surface area contributed by atoms with E-state index in [1.54, 1.807) is 6.07 Å². The lowest BCUT2D eigenvalue weighted by Crippen LogP contribution is -2.41. The summed E-state index contributed by atoms with van der Waals surface area (Å²) in [6.07, 6.45) is 5.61. The Hall–Kier alpha value is -1.68. The summed E-state index contributed by atoms with van der Waals surface area (Å²) in [6.45, 7) is 0. The van der Waals surface area contributed by atoms with Gasteiger partial charge in [-0.3, -0.25) is 4.79 Å². The van der Waals surface area contributed by atoms with Crippen molar-refractivity contribution in [3.8, 4) is 6.07 Å². The maximum Gasteiger partial charge on any atom is 0.326 e. The fourth-order valence-electron chi connectivity index (χ4n) is 1.33. The number of carbonyl (C=O) groups is 2. The van der Waals surface area contributed by atoms with Gasteiger partial charge in [0.1, 0.15) is 17.7 Å². The predicted octanol–water partition coefficient (Wildman–Crippen LogP) is 0.468. The maximum atomic E-state index is 11.8. The van der Waals surface area contributed by atoms with Crippen molar-refractivity contribution in [1.29, 1.82) is 5.26 Å². The molecule has 0 aromatic rings. The molecule has 0 saturated heterocycles. The van der Waals surface area contributed by atoms with Gasteiger partial charge in [0, 0.05) is 12.2 Å². The van der Waals surface area contributed by atoms with Crippen LogP contribution in [0.25, 0.3) is 0 Å². The second-order valence-corrected chi connectivity index (χ2v) is 5.24. The molecule has 1 amide bonds. The van der Waals surface area contributed by atoms with E-state index in [4.69, 9.17) is 10.4 Å².